The third-order valence-electron chi connectivity index (χ3n) is 5.27. The second kappa shape index (κ2) is 12.6. The molecule has 0 aliphatic rings. The zero-order chi connectivity index (χ0) is 25.3. The van der Waals surface area contributed by atoms with E-state index in [4.69, 9.17) is 5.11 Å². The maximum Gasteiger partial charge on any atom is 0.255 e. The number of carbonyl (C=O) groups excluding carboxylic acids is 1. The molecule has 1 atom stereocenters. The number of hydrogen-bond donors (Lipinski definition) is 5. The van der Waals surface area contributed by atoms with Gasteiger partial charge in [-0.05, 0) is 38.1 Å². The first-order valence-electron chi connectivity index (χ1n) is 11.3. The van der Waals surface area contributed by atoms with E-state index in [1.807, 2.05) is 42.0 Å². The van der Waals surface area contributed by atoms with Gasteiger partial charge in [0.25, 0.3) is 5.91 Å². The molecule has 1 amide bonds. The Kier molecular flexibility index (Phi) is 9.52. The lowest BCUT2D eigenvalue weighted by Crippen LogP contribution is -2.34. The summed E-state index contributed by atoms with van der Waals surface area (Å²) < 4.78 is 28.8. The molecule has 0 bridgehead atoms. The summed E-state index contributed by atoms with van der Waals surface area (Å²) >= 11 is 0. The van der Waals surface area contributed by atoms with Crippen LogP contribution in [0.3, 0.4) is 0 Å². The molecule has 0 aliphatic carbocycles. The summed E-state index contributed by atoms with van der Waals surface area (Å²) in [5, 5.41) is 27.1. The number of hydrazone groups is 1. The van der Waals surface area contributed by atoms with Crippen molar-refractivity contribution in [1.82, 2.24) is 20.0 Å². The zero-order valence-electron chi connectivity index (χ0n) is 19.5. The predicted molar refractivity (Wildman–Crippen MR) is 135 cm³/mol. The van der Waals surface area contributed by atoms with Crippen molar-refractivity contribution < 1.29 is 23.4 Å². The highest BCUT2D eigenvalue weighted by Gasteiger charge is 2.15. The lowest BCUT2D eigenvalue weighted by Gasteiger charge is -2.13. The predicted octanol–water partition coefficient (Wildman–Crippen LogP) is 0.711. The number of aromatic nitrogens is 1. The molecule has 35 heavy (non-hydrogen) atoms. The van der Waals surface area contributed by atoms with Crippen LogP contribution in [-0.4, -0.2) is 67.7 Å². The topological polar surface area (TPSA) is 145 Å². The lowest BCUT2D eigenvalue weighted by molar-refractivity contribution is -0.119. The molecule has 2 aromatic carbocycles. The molecule has 3 rings (SSSR count). The molecule has 0 fully saturated rings. The Hall–Kier alpha value is -3.09. The number of hydrogen-bond acceptors (Lipinski definition) is 7. The minimum atomic E-state index is -3.80. The van der Waals surface area contributed by atoms with Crippen LogP contribution in [0.15, 0.2) is 64.7 Å². The third-order valence-corrected chi connectivity index (χ3v) is 6.68. The molecule has 10 nitrogen and oxygen atoms in total. The monoisotopic (exact) mass is 501 g/mol. The summed E-state index contributed by atoms with van der Waals surface area (Å²) in [5.74, 6) is -0.606. The van der Waals surface area contributed by atoms with Gasteiger partial charge in [-0.1, -0.05) is 35.9 Å². The van der Waals surface area contributed by atoms with Crippen LogP contribution in [0, 0.1) is 6.92 Å². The smallest absolute Gasteiger partial charge is 0.255 e. The number of para-hydroxylation sites is 1. The molecule has 5 N–H and O–H groups in total. The number of aliphatic hydroxyl groups excluding tert-OH is 2. The maximum atomic E-state index is 12.3. The number of nitrogens with zero attached hydrogens (tertiary/aromatic N) is 2. The maximum absolute atomic E-state index is 12.3. The number of aryl methyl sites for hydroxylation is 1. The van der Waals surface area contributed by atoms with E-state index >= 15 is 0 Å². The second-order valence-corrected chi connectivity index (χ2v) is 9.89. The van der Waals surface area contributed by atoms with Gasteiger partial charge in [-0.15, -0.1) is 0 Å². The Bertz CT molecular complexity index is 1260. The lowest BCUT2D eigenvalue weighted by atomic mass is 10.2. The van der Waals surface area contributed by atoms with Gasteiger partial charge < -0.3 is 20.1 Å². The van der Waals surface area contributed by atoms with Gasteiger partial charge in [0.05, 0.1) is 23.8 Å². The van der Waals surface area contributed by atoms with Crippen molar-refractivity contribution in [3.8, 4) is 0 Å². The number of nitrogens with one attached hydrogen (secondary N) is 3. The van der Waals surface area contributed by atoms with Gasteiger partial charge in [0.1, 0.15) is 0 Å². The van der Waals surface area contributed by atoms with Crippen molar-refractivity contribution >= 4 is 33.0 Å². The summed E-state index contributed by atoms with van der Waals surface area (Å²) in [5.41, 5.74) is 4.91. The van der Waals surface area contributed by atoms with Gasteiger partial charge in [0, 0.05) is 42.4 Å². The number of fused-ring (bicyclic) bond motifs is 1. The molecule has 0 spiro atoms. The average Bonchev–Trinajstić information content (AvgIpc) is 3.18. The van der Waals surface area contributed by atoms with Crippen LogP contribution in [0.2, 0.25) is 0 Å². The highest BCUT2D eigenvalue weighted by atomic mass is 32.2. The first-order valence-corrected chi connectivity index (χ1v) is 12.7. The second-order valence-electron chi connectivity index (χ2n) is 8.12. The molecule has 1 unspecified atom stereocenters. The van der Waals surface area contributed by atoms with Gasteiger partial charge >= 0.3 is 0 Å². The molecule has 11 heteroatoms. The quantitative estimate of drug-likeness (QED) is 0.133. The zero-order valence-corrected chi connectivity index (χ0v) is 20.3. The van der Waals surface area contributed by atoms with Crippen molar-refractivity contribution in [3.63, 3.8) is 0 Å². The molecule has 188 valence electrons. The summed E-state index contributed by atoms with van der Waals surface area (Å²) in [4.78, 5) is 12.2. The first-order chi connectivity index (χ1) is 16.8. The Labute approximate surface area is 204 Å². The van der Waals surface area contributed by atoms with Crippen LogP contribution >= 0.6 is 0 Å². The molecule has 1 heterocycles. The van der Waals surface area contributed by atoms with E-state index in [1.54, 1.807) is 12.1 Å². The molecule has 0 saturated carbocycles. The van der Waals surface area contributed by atoms with E-state index in [1.165, 1.54) is 18.3 Å². The van der Waals surface area contributed by atoms with E-state index in [9.17, 15) is 18.3 Å². The van der Waals surface area contributed by atoms with Crippen molar-refractivity contribution in [2.45, 2.75) is 30.9 Å². The third kappa shape index (κ3) is 7.70. The Morgan fingerprint density at radius 3 is 2.66 bits per heavy atom. The van der Waals surface area contributed by atoms with Gasteiger partial charge in [0.15, 0.2) is 0 Å². The fourth-order valence-electron chi connectivity index (χ4n) is 3.47. The number of amides is 1. The van der Waals surface area contributed by atoms with Crippen LogP contribution < -0.4 is 15.5 Å². The van der Waals surface area contributed by atoms with E-state index in [0.29, 0.717) is 26.1 Å². The minimum absolute atomic E-state index is 0.0815. The van der Waals surface area contributed by atoms with Crippen LogP contribution in [0.25, 0.3) is 10.9 Å². The molecule has 1 aromatic heterocycles. The highest BCUT2D eigenvalue weighted by molar-refractivity contribution is 7.89. The van der Waals surface area contributed by atoms with Gasteiger partial charge in [-0.3, -0.25) is 4.79 Å². The van der Waals surface area contributed by atoms with Crippen molar-refractivity contribution in [3.05, 3.63) is 65.9 Å². The minimum Gasteiger partial charge on any atom is -0.396 e. The number of benzene rings is 2. The number of sulfonamides is 1. The summed E-state index contributed by atoms with van der Waals surface area (Å²) in [6.45, 7) is 2.87. The van der Waals surface area contributed by atoms with Crippen LogP contribution in [-0.2, 0) is 21.4 Å². The molecule has 0 aliphatic heterocycles. The molecule has 0 saturated heterocycles. The fraction of sp³-hybridized carbons (Fsp3) is 0.333. The van der Waals surface area contributed by atoms with E-state index in [0.717, 1.165) is 22.0 Å². The highest BCUT2D eigenvalue weighted by Crippen LogP contribution is 2.20. The number of carbonyl (C=O) groups is 1. The van der Waals surface area contributed by atoms with E-state index < -0.39 is 28.6 Å². The van der Waals surface area contributed by atoms with Gasteiger partial charge in [-0.2, -0.15) is 5.10 Å². The SMILES string of the molecule is Cc1ccc(S(=O)(=O)NCC(=O)N/N=C/c2cn(CC(O)CNCCCO)c3ccccc23)cc1. The van der Waals surface area contributed by atoms with E-state index in [2.05, 4.69) is 20.6 Å². The number of aliphatic hydroxyl groups is 2. The largest absolute Gasteiger partial charge is 0.396 e. The average molecular weight is 502 g/mol. The molecule has 3 aromatic rings. The summed E-state index contributed by atoms with van der Waals surface area (Å²) in [6, 6.07) is 13.9. The first kappa shape index (κ1) is 26.5. The van der Waals surface area contributed by atoms with Gasteiger partial charge in [-0.25, -0.2) is 18.6 Å². The van der Waals surface area contributed by atoms with Crippen molar-refractivity contribution in [2.24, 2.45) is 5.10 Å². The fourth-order valence-corrected chi connectivity index (χ4v) is 4.45. The van der Waals surface area contributed by atoms with Crippen molar-refractivity contribution in [1.29, 1.82) is 0 Å². The Morgan fingerprint density at radius 1 is 1.17 bits per heavy atom. The number of rotatable bonds is 13. The Balaban J connectivity index is 1.58. The molecule has 0 radical (unpaired) electrons. The van der Waals surface area contributed by atoms with Crippen LogP contribution in [0.4, 0.5) is 0 Å². The standard InChI is InChI=1S/C24H31N5O5S/c1-18-7-9-21(10-8-18)35(33,34)27-15-24(32)28-26-13-19-16-29(23-6-3-2-5-22(19)23)17-20(31)14-25-11-4-12-30/h2-3,5-10,13,16,20,25,27,30-31H,4,11-12,14-15,17H2,1H3,(H,28,32)/b26-13+. The summed E-state index contributed by atoms with van der Waals surface area (Å²) in [6.07, 6.45) is 3.31. The van der Waals surface area contributed by atoms with Crippen LogP contribution in [0.1, 0.15) is 17.5 Å². The molecular weight excluding hydrogens is 470 g/mol. The summed E-state index contributed by atoms with van der Waals surface area (Å²) in [7, 11) is -3.80. The molecular formula is C24H31N5O5S. The van der Waals surface area contributed by atoms with Crippen molar-refractivity contribution in [2.75, 3.05) is 26.2 Å². The van der Waals surface area contributed by atoms with Crippen LogP contribution in [0.5, 0.6) is 0 Å². The Morgan fingerprint density at radius 2 is 1.91 bits per heavy atom. The van der Waals surface area contributed by atoms with E-state index in [-0.39, 0.29) is 11.5 Å². The van der Waals surface area contributed by atoms with Gasteiger partial charge in [0.2, 0.25) is 10.0 Å². The normalized spacial score (nSPS) is 12.9.